The summed E-state index contributed by atoms with van der Waals surface area (Å²) in [5.41, 5.74) is 6.92. The molecule has 6 heteroatoms. The van der Waals surface area contributed by atoms with E-state index in [1.54, 1.807) is 24.3 Å². The fraction of sp³-hybridized carbons (Fsp3) is 0.133. The number of rotatable bonds is 5. The first-order valence-corrected chi connectivity index (χ1v) is 6.31. The Balaban J connectivity index is 1.97. The molecule has 0 saturated heterocycles. The number of amidine groups is 1. The maximum atomic E-state index is 13.8. The number of oxime groups is 1. The summed E-state index contributed by atoms with van der Waals surface area (Å²) in [6.07, 6.45) is 0. The summed E-state index contributed by atoms with van der Waals surface area (Å²) in [6, 6.07) is 10.5. The molecule has 4 N–H and O–H groups in total. The van der Waals surface area contributed by atoms with Crippen molar-refractivity contribution in [3.63, 3.8) is 0 Å². The zero-order valence-corrected chi connectivity index (χ0v) is 11.2. The van der Waals surface area contributed by atoms with Crippen molar-refractivity contribution in [1.29, 1.82) is 0 Å². The Labute approximate surface area is 120 Å². The van der Waals surface area contributed by atoms with Crippen molar-refractivity contribution in [2.24, 2.45) is 10.9 Å². The van der Waals surface area contributed by atoms with Crippen LogP contribution in [0.15, 0.2) is 47.6 Å². The molecule has 2 rings (SSSR count). The summed E-state index contributed by atoms with van der Waals surface area (Å²) in [5, 5.41) is 14.4. The van der Waals surface area contributed by atoms with Crippen LogP contribution in [0.5, 0.6) is 0 Å². The van der Waals surface area contributed by atoms with E-state index in [2.05, 4.69) is 10.5 Å². The van der Waals surface area contributed by atoms with Crippen LogP contribution in [-0.2, 0) is 13.1 Å². The first-order valence-electron chi connectivity index (χ1n) is 6.31. The highest BCUT2D eigenvalue weighted by Gasteiger charge is 2.06. The maximum absolute atomic E-state index is 13.8. The molecule has 21 heavy (non-hydrogen) atoms. The van der Waals surface area contributed by atoms with E-state index < -0.39 is 5.82 Å². The van der Waals surface area contributed by atoms with Crippen LogP contribution in [-0.4, -0.2) is 11.0 Å². The molecule has 4 nitrogen and oxygen atoms in total. The molecule has 2 aromatic carbocycles. The maximum Gasteiger partial charge on any atom is 0.170 e. The van der Waals surface area contributed by atoms with Gasteiger partial charge in [-0.3, -0.25) is 0 Å². The van der Waals surface area contributed by atoms with Gasteiger partial charge in [-0.2, -0.15) is 0 Å². The van der Waals surface area contributed by atoms with E-state index in [9.17, 15) is 8.78 Å². The van der Waals surface area contributed by atoms with Crippen molar-refractivity contribution >= 4 is 5.84 Å². The van der Waals surface area contributed by atoms with Gasteiger partial charge in [0.05, 0.1) is 0 Å². The van der Waals surface area contributed by atoms with E-state index in [-0.39, 0.29) is 11.7 Å². The minimum atomic E-state index is -0.453. The lowest BCUT2D eigenvalue weighted by atomic mass is 10.1. The number of nitrogens with one attached hydrogen (secondary N) is 1. The Bertz CT molecular complexity index is 659. The first-order chi connectivity index (χ1) is 10.1. The van der Waals surface area contributed by atoms with Gasteiger partial charge in [-0.05, 0) is 23.8 Å². The second kappa shape index (κ2) is 6.81. The average molecular weight is 291 g/mol. The standard InChI is InChI=1S/C15H15F2N3O/c16-13-3-1-2-10(6-13)8-19-9-12-5-4-11(7-14(12)17)15(18)20-21/h1-7,19,21H,8-9H2,(H2,18,20). The second-order valence-electron chi connectivity index (χ2n) is 4.52. The van der Waals surface area contributed by atoms with Gasteiger partial charge >= 0.3 is 0 Å². The van der Waals surface area contributed by atoms with Crippen LogP contribution < -0.4 is 11.1 Å². The molecule has 2 aromatic rings. The lowest BCUT2D eigenvalue weighted by molar-refractivity contribution is 0.318. The van der Waals surface area contributed by atoms with Gasteiger partial charge in [-0.1, -0.05) is 29.4 Å². The monoisotopic (exact) mass is 291 g/mol. The Morgan fingerprint density at radius 3 is 2.62 bits per heavy atom. The Morgan fingerprint density at radius 1 is 1.14 bits per heavy atom. The summed E-state index contributed by atoms with van der Waals surface area (Å²) < 4.78 is 26.8. The number of hydrogen-bond acceptors (Lipinski definition) is 3. The molecule has 0 spiro atoms. The molecule has 110 valence electrons. The molecular weight excluding hydrogens is 276 g/mol. The molecule has 0 unspecified atom stereocenters. The molecule has 0 aliphatic rings. The van der Waals surface area contributed by atoms with Crippen molar-refractivity contribution in [2.45, 2.75) is 13.1 Å². The van der Waals surface area contributed by atoms with Crippen molar-refractivity contribution in [2.75, 3.05) is 0 Å². The second-order valence-corrected chi connectivity index (χ2v) is 4.52. The van der Waals surface area contributed by atoms with Crippen LogP contribution >= 0.6 is 0 Å². The smallest absolute Gasteiger partial charge is 0.170 e. The average Bonchev–Trinajstić information content (AvgIpc) is 2.48. The number of hydrogen-bond donors (Lipinski definition) is 3. The molecule has 0 radical (unpaired) electrons. The largest absolute Gasteiger partial charge is 0.409 e. The number of halogens is 2. The molecular formula is C15H15F2N3O. The third kappa shape index (κ3) is 4.00. The minimum absolute atomic E-state index is 0.145. The van der Waals surface area contributed by atoms with E-state index in [1.807, 2.05) is 0 Å². The summed E-state index contributed by atoms with van der Waals surface area (Å²) in [4.78, 5) is 0. The number of nitrogens with zero attached hydrogens (tertiary/aromatic N) is 1. The van der Waals surface area contributed by atoms with Gasteiger partial charge in [0.1, 0.15) is 11.6 Å². The Morgan fingerprint density at radius 2 is 1.95 bits per heavy atom. The predicted octanol–water partition coefficient (Wildman–Crippen LogP) is 2.35. The molecule has 0 fully saturated rings. The highest BCUT2D eigenvalue weighted by Crippen LogP contribution is 2.11. The summed E-state index contributed by atoms with van der Waals surface area (Å²) in [7, 11) is 0. The number of nitrogens with two attached hydrogens (primary N) is 1. The van der Waals surface area contributed by atoms with E-state index in [0.29, 0.717) is 24.2 Å². The summed E-state index contributed by atoms with van der Waals surface area (Å²) in [5.74, 6) is -0.900. The Hall–Kier alpha value is -2.47. The fourth-order valence-corrected chi connectivity index (χ4v) is 1.90. The quantitative estimate of drug-likeness (QED) is 0.343. The van der Waals surface area contributed by atoms with Crippen LogP contribution in [0.2, 0.25) is 0 Å². The van der Waals surface area contributed by atoms with Crippen LogP contribution in [0.1, 0.15) is 16.7 Å². The zero-order valence-electron chi connectivity index (χ0n) is 11.2. The predicted molar refractivity (Wildman–Crippen MR) is 75.9 cm³/mol. The fourth-order valence-electron chi connectivity index (χ4n) is 1.90. The molecule has 0 aliphatic heterocycles. The van der Waals surface area contributed by atoms with E-state index in [1.165, 1.54) is 18.2 Å². The molecule has 0 amide bonds. The van der Waals surface area contributed by atoms with Gasteiger partial charge in [0.15, 0.2) is 5.84 Å². The zero-order chi connectivity index (χ0) is 15.2. The molecule has 0 heterocycles. The normalized spacial score (nSPS) is 11.6. The third-order valence-electron chi connectivity index (χ3n) is 2.99. The van der Waals surface area contributed by atoms with Gasteiger partial charge in [-0.25, -0.2) is 8.78 Å². The van der Waals surface area contributed by atoms with Gasteiger partial charge in [0, 0.05) is 24.2 Å². The third-order valence-corrected chi connectivity index (χ3v) is 2.99. The van der Waals surface area contributed by atoms with E-state index in [4.69, 9.17) is 10.9 Å². The minimum Gasteiger partial charge on any atom is -0.409 e. The highest BCUT2D eigenvalue weighted by molar-refractivity contribution is 5.97. The molecule has 0 bridgehead atoms. The first kappa shape index (κ1) is 14.9. The highest BCUT2D eigenvalue weighted by atomic mass is 19.1. The van der Waals surface area contributed by atoms with Gasteiger partial charge in [0.2, 0.25) is 0 Å². The molecule has 0 saturated carbocycles. The van der Waals surface area contributed by atoms with Crippen molar-refractivity contribution in [3.8, 4) is 0 Å². The molecule has 0 aliphatic carbocycles. The van der Waals surface area contributed by atoms with Crippen molar-refractivity contribution < 1.29 is 14.0 Å². The molecule has 0 aromatic heterocycles. The summed E-state index contributed by atoms with van der Waals surface area (Å²) in [6.45, 7) is 0.720. The Kier molecular flexibility index (Phi) is 4.84. The van der Waals surface area contributed by atoms with Crippen LogP contribution in [0.4, 0.5) is 8.78 Å². The van der Waals surface area contributed by atoms with Gasteiger partial charge < -0.3 is 16.3 Å². The lowest BCUT2D eigenvalue weighted by Crippen LogP contribution is -2.16. The van der Waals surface area contributed by atoms with Crippen molar-refractivity contribution in [1.82, 2.24) is 5.32 Å². The SMILES string of the molecule is NC(=NO)c1ccc(CNCc2cccc(F)c2)c(F)c1. The van der Waals surface area contributed by atoms with Gasteiger partial charge in [-0.15, -0.1) is 0 Å². The van der Waals surface area contributed by atoms with Gasteiger partial charge in [0.25, 0.3) is 0 Å². The van der Waals surface area contributed by atoms with Crippen LogP contribution in [0, 0.1) is 11.6 Å². The topological polar surface area (TPSA) is 70.6 Å². The van der Waals surface area contributed by atoms with E-state index >= 15 is 0 Å². The van der Waals surface area contributed by atoms with Crippen LogP contribution in [0.25, 0.3) is 0 Å². The number of benzene rings is 2. The molecule has 0 atom stereocenters. The van der Waals surface area contributed by atoms with Crippen LogP contribution in [0.3, 0.4) is 0 Å². The van der Waals surface area contributed by atoms with Crippen molar-refractivity contribution in [3.05, 3.63) is 70.8 Å². The van der Waals surface area contributed by atoms with E-state index in [0.717, 1.165) is 5.56 Å². The summed E-state index contributed by atoms with van der Waals surface area (Å²) >= 11 is 0. The lowest BCUT2D eigenvalue weighted by Gasteiger charge is -2.08.